The molecule has 162 valence electrons. The average molecular weight is 418 g/mol. The van der Waals surface area contributed by atoms with E-state index in [2.05, 4.69) is 10.6 Å². The van der Waals surface area contributed by atoms with Gasteiger partial charge in [-0.1, -0.05) is 0 Å². The summed E-state index contributed by atoms with van der Waals surface area (Å²) in [6.07, 6.45) is 5.84. The molecule has 1 aromatic carbocycles. The van der Waals surface area contributed by atoms with Gasteiger partial charge in [-0.25, -0.2) is 4.39 Å². The molecule has 1 unspecified atom stereocenters. The highest BCUT2D eigenvalue weighted by molar-refractivity contribution is 6.04. The number of amides is 1. The van der Waals surface area contributed by atoms with Crippen LogP contribution in [0.4, 0.5) is 15.8 Å². The predicted octanol–water partition coefficient (Wildman–Crippen LogP) is 1.20. The average Bonchev–Trinajstić information content (AvgIpc) is 2.71. The molecule has 9 nitrogen and oxygen atoms in total. The number of aromatic nitrogens is 1. The maximum Gasteiger partial charge on any atom is 0.254 e. The Morgan fingerprint density at radius 3 is 2.90 bits per heavy atom. The number of nitrogens with two attached hydrogens (primary N) is 2. The molecular weight excluding hydrogens is 391 g/mol. The Morgan fingerprint density at radius 1 is 1.50 bits per heavy atom. The van der Waals surface area contributed by atoms with Gasteiger partial charge in [0.05, 0.1) is 22.6 Å². The minimum Gasteiger partial charge on any atom is -0.487 e. The van der Waals surface area contributed by atoms with Crippen molar-refractivity contribution in [3.63, 3.8) is 0 Å². The second kappa shape index (κ2) is 8.52. The Kier molecular flexibility index (Phi) is 6.04. The Labute approximate surface area is 173 Å². The molecule has 2 heterocycles. The summed E-state index contributed by atoms with van der Waals surface area (Å²) < 4.78 is 22.6. The molecule has 10 heteroatoms. The highest BCUT2D eigenvalue weighted by Crippen LogP contribution is 2.43. The molecule has 1 aromatic heterocycles. The molecule has 0 spiro atoms. The fourth-order valence-electron chi connectivity index (χ4n) is 3.50. The van der Waals surface area contributed by atoms with Crippen LogP contribution in [0, 0.1) is 5.82 Å². The summed E-state index contributed by atoms with van der Waals surface area (Å²) in [6, 6.07) is -0.191. The fraction of sp³-hybridized carbons (Fsp3) is 0.400. The Balaban J connectivity index is 2.01. The van der Waals surface area contributed by atoms with Gasteiger partial charge in [-0.05, 0) is 13.3 Å². The van der Waals surface area contributed by atoms with E-state index < -0.39 is 17.2 Å². The largest absolute Gasteiger partial charge is 0.487 e. The van der Waals surface area contributed by atoms with Crippen molar-refractivity contribution in [2.24, 2.45) is 5.73 Å². The molecule has 0 radical (unpaired) electrons. The lowest BCUT2D eigenvalue weighted by molar-refractivity contribution is 0.0998. The number of hydrogen-bond donors (Lipinski definition) is 4. The number of nitrogens with zero attached hydrogens (tertiary/aromatic N) is 2. The smallest absolute Gasteiger partial charge is 0.254 e. The topological polar surface area (TPSA) is 128 Å². The van der Waals surface area contributed by atoms with Crippen LogP contribution < -0.4 is 32.3 Å². The lowest BCUT2D eigenvalue weighted by atomic mass is 10.0. The fourth-order valence-corrected chi connectivity index (χ4v) is 3.50. The van der Waals surface area contributed by atoms with Gasteiger partial charge in [0.15, 0.2) is 11.6 Å². The lowest BCUT2D eigenvalue weighted by Crippen LogP contribution is -2.30. The standard InChI is InChI=1S/C20H27FN6O3/c1-11-10-30-19-16(25-5-4-7-26(3)8-6-24-2)14(21)15(22)13-17(19)27(11)9-12(18(13)28)20(23)29/h6,8-9,11,24-25H,4-5,7,10,22H2,1-3H3,(H2,23,29)/b8-6-. The number of pyridine rings is 1. The monoisotopic (exact) mass is 418 g/mol. The minimum absolute atomic E-state index is 0.0900. The van der Waals surface area contributed by atoms with Crippen LogP contribution in [0.15, 0.2) is 23.4 Å². The molecule has 1 amide bonds. The van der Waals surface area contributed by atoms with Gasteiger partial charge < -0.3 is 36.3 Å². The molecule has 0 aliphatic carbocycles. The number of carbonyl (C=O) groups is 1. The van der Waals surface area contributed by atoms with Gasteiger partial charge in [-0.2, -0.15) is 0 Å². The number of primary amides is 1. The lowest BCUT2D eigenvalue weighted by Gasteiger charge is -2.29. The number of carbonyl (C=O) groups excluding carboxylic acids is 1. The van der Waals surface area contributed by atoms with E-state index in [1.54, 1.807) is 4.57 Å². The summed E-state index contributed by atoms with van der Waals surface area (Å²) in [5.74, 6) is -1.45. The molecule has 3 rings (SSSR count). The third-order valence-corrected chi connectivity index (χ3v) is 5.10. The van der Waals surface area contributed by atoms with Crippen molar-refractivity contribution >= 4 is 28.2 Å². The Hall–Kier alpha value is -3.43. The normalized spacial score (nSPS) is 15.3. The quantitative estimate of drug-likeness (QED) is 0.375. The highest BCUT2D eigenvalue weighted by atomic mass is 19.1. The van der Waals surface area contributed by atoms with E-state index in [1.807, 2.05) is 38.3 Å². The third kappa shape index (κ3) is 3.72. The molecule has 0 bridgehead atoms. The molecule has 1 aliphatic rings. The van der Waals surface area contributed by atoms with E-state index >= 15 is 4.39 Å². The van der Waals surface area contributed by atoms with Crippen LogP contribution in [0.1, 0.15) is 29.7 Å². The molecule has 1 atom stereocenters. The number of anilines is 2. The molecule has 6 N–H and O–H groups in total. The van der Waals surface area contributed by atoms with Crippen molar-refractivity contribution in [1.82, 2.24) is 14.8 Å². The summed E-state index contributed by atoms with van der Waals surface area (Å²) in [5, 5.41) is 5.88. The summed E-state index contributed by atoms with van der Waals surface area (Å²) in [6.45, 7) is 3.32. The predicted molar refractivity (Wildman–Crippen MR) is 115 cm³/mol. The summed E-state index contributed by atoms with van der Waals surface area (Å²) >= 11 is 0. The SMILES string of the molecule is CN/C=C\N(C)CCCNc1c(F)c(N)c2c(=O)c(C(N)=O)cn3c2c1OCC3C. The van der Waals surface area contributed by atoms with Crippen LogP contribution in [0.5, 0.6) is 5.75 Å². The number of hydrogen-bond acceptors (Lipinski definition) is 7. The number of nitrogens with one attached hydrogen (secondary N) is 2. The van der Waals surface area contributed by atoms with E-state index in [0.29, 0.717) is 12.1 Å². The van der Waals surface area contributed by atoms with Gasteiger partial charge >= 0.3 is 0 Å². The van der Waals surface area contributed by atoms with Crippen LogP contribution >= 0.6 is 0 Å². The van der Waals surface area contributed by atoms with E-state index in [9.17, 15) is 9.59 Å². The number of ether oxygens (including phenoxy) is 1. The van der Waals surface area contributed by atoms with Gasteiger partial charge in [-0.15, -0.1) is 0 Å². The Morgan fingerprint density at radius 2 is 2.23 bits per heavy atom. The van der Waals surface area contributed by atoms with Crippen molar-refractivity contribution in [3.8, 4) is 5.75 Å². The van der Waals surface area contributed by atoms with Gasteiger partial charge in [0, 0.05) is 45.8 Å². The van der Waals surface area contributed by atoms with Crippen molar-refractivity contribution in [2.45, 2.75) is 19.4 Å². The van der Waals surface area contributed by atoms with Crippen molar-refractivity contribution in [3.05, 3.63) is 40.2 Å². The van der Waals surface area contributed by atoms with Crippen LogP contribution in [0.3, 0.4) is 0 Å². The zero-order valence-electron chi connectivity index (χ0n) is 17.3. The molecular formula is C20H27FN6O3. The Bertz CT molecular complexity index is 1070. The summed E-state index contributed by atoms with van der Waals surface area (Å²) in [5.41, 5.74) is 10.6. The first-order valence-electron chi connectivity index (χ1n) is 9.68. The van der Waals surface area contributed by atoms with Gasteiger partial charge in [0.25, 0.3) is 5.91 Å². The molecule has 0 saturated heterocycles. The second-order valence-electron chi connectivity index (χ2n) is 7.32. The van der Waals surface area contributed by atoms with Crippen molar-refractivity contribution < 1.29 is 13.9 Å². The number of halogens is 1. The zero-order chi connectivity index (χ0) is 22.0. The number of rotatable bonds is 8. The number of nitrogen functional groups attached to an aromatic ring is 1. The van der Waals surface area contributed by atoms with E-state index in [0.717, 1.165) is 13.0 Å². The zero-order valence-corrected chi connectivity index (χ0v) is 17.3. The molecule has 2 aromatic rings. The van der Waals surface area contributed by atoms with Crippen molar-refractivity contribution in [1.29, 1.82) is 0 Å². The first-order chi connectivity index (χ1) is 14.3. The maximum atomic E-state index is 15.1. The number of benzene rings is 1. The first kappa shape index (κ1) is 21.3. The van der Waals surface area contributed by atoms with E-state index in [1.165, 1.54) is 6.20 Å². The summed E-state index contributed by atoms with van der Waals surface area (Å²) in [7, 11) is 3.75. The highest BCUT2D eigenvalue weighted by Gasteiger charge is 2.30. The minimum atomic E-state index is -0.885. The third-order valence-electron chi connectivity index (χ3n) is 5.10. The van der Waals surface area contributed by atoms with Crippen LogP contribution in [0.25, 0.3) is 10.9 Å². The van der Waals surface area contributed by atoms with Crippen LogP contribution in [-0.2, 0) is 0 Å². The first-order valence-corrected chi connectivity index (χ1v) is 9.68. The maximum absolute atomic E-state index is 15.1. The summed E-state index contributed by atoms with van der Waals surface area (Å²) in [4.78, 5) is 26.5. The van der Waals surface area contributed by atoms with E-state index in [-0.39, 0.29) is 40.7 Å². The van der Waals surface area contributed by atoms with Gasteiger partial charge in [0.2, 0.25) is 5.43 Å². The van der Waals surface area contributed by atoms with Gasteiger partial charge in [0.1, 0.15) is 17.9 Å². The molecule has 0 fully saturated rings. The van der Waals surface area contributed by atoms with Gasteiger partial charge in [-0.3, -0.25) is 9.59 Å². The second-order valence-corrected chi connectivity index (χ2v) is 7.32. The molecule has 30 heavy (non-hydrogen) atoms. The molecule has 0 saturated carbocycles. The molecule has 1 aliphatic heterocycles. The van der Waals surface area contributed by atoms with Crippen LogP contribution in [0.2, 0.25) is 0 Å². The van der Waals surface area contributed by atoms with E-state index in [4.69, 9.17) is 16.2 Å². The van der Waals surface area contributed by atoms with Crippen molar-refractivity contribution in [2.75, 3.05) is 44.8 Å². The van der Waals surface area contributed by atoms with Crippen LogP contribution in [-0.4, -0.2) is 49.2 Å².